The summed E-state index contributed by atoms with van der Waals surface area (Å²) in [7, 11) is 0. The van der Waals surface area contributed by atoms with Gasteiger partial charge in [0.25, 0.3) is 0 Å². The first-order chi connectivity index (χ1) is 12.4. The predicted molar refractivity (Wildman–Crippen MR) is 181 cm³/mol. The van der Waals surface area contributed by atoms with E-state index in [1.54, 1.807) is 0 Å². The van der Waals surface area contributed by atoms with Crippen LogP contribution in [-0.4, -0.2) is 37.0 Å². The van der Waals surface area contributed by atoms with Gasteiger partial charge in [0.2, 0.25) is 0 Å². The molecule has 0 aromatic heterocycles. The molecule has 0 rings (SSSR count). The van der Waals surface area contributed by atoms with Gasteiger partial charge in [0.1, 0.15) is 0 Å². The summed E-state index contributed by atoms with van der Waals surface area (Å²) in [5.41, 5.74) is -3.71. The molecular weight excluding hydrogens is 942 g/mol. The van der Waals surface area contributed by atoms with Gasteiger partial charge in [-0.25, -0.2) is 17.0 Å². The standard InChI is InChI=1S/3C4H11PS2.3Mo.3S2.H2S/c3*1-3-5(6,7)4-2;;;;3*1-2;/h3*3-4H2,1-2H3,(H,6,7);;;;;;;1H2/q;;;+2;2*+3;3*-2;/p-4. The second kappa shape index (κ2) is 50.7. The van der Waals surface area contributed by atoms with Gasteiger partial charge < -0.3 is 157 Å². The van der Waals surface area contributed by atoms with Crippen LogP contribution in [0.2, 0.25) is 0 Å². The summed E-state index contributed by atoms with van der Waals surface area (Å²) in [4.78, 5) is 0. The number of hydrogen-bond acceptors (Lipinski definition) is 13. The van der Waals surface area contributed by atoms with Crippen molar-refractivity contribution in [3.05, 3.63) is 0 Å². The molecule has 0 heterocycles. The largest absolute Gasteiger partial charge is 3.00 e. The van der Waals surface area contributed by atoms with Gasteiger partial charge >= 0.3 is 63.2 Å². The maximum atomic E-state index is 5.07. The smallest absolute Gasteiger partial charge is 1.00 e. The molecule has 0 spiro atoms. The van der Waals surface area contributed by atoms with Gasteiger partial charge in [-0.2, -0.15) is 0 Å². The van der Waals surface area contributed by atoms with Crippen LogP contribution in [0.3, 0.4) is 0 Å². The zero-order valence-electron chi connectivity index (χ0n) is 18.2. The molecule has 0 aromatic carbocycles. The van der Waals surface area contributed by atoms with Crippen molar-refractivity contribution in [2.45, 2.75) is 41.5 Å². The average molecular weight is 973 g/mol. The SMILES string of the molecule is CC[P+]([S-])([S-])CC.CC[P+]([S-])([S-])CC.CC[P+]([S-])([S-])CC.[Mo+2].[Mo+3].[Mo+3].[S-][S-].[S-][S-].[S-][S-].[SH-]. The minimum absolute atomic E-state index is 0. The van der Waals surface area contributed by atoms with E-state index in [1.165, 1.54) is 0 Å². The minimum atomic E-state index is -1.24. The van der Waals surface area contributed by atoms with Gasteiger partial charge in [-0.1, -0.05) is 0 Å². The third-order valence-corrected chi connectivity index (χ3v) is 18.0. The van der Waals surface area contributed by atoms with Crippen LogP contribution >= 0.6 is 17.0 Å². The van der Waals surface area contributed by atoms with Gasteiger partial charge in [0.15, 0.2) is 0 Å². The Morgan fingerprint density at radius 3 is 0.452 bits per heavy atom. The number of hydrogen-bond donors (Lipinski definition) is 0. The molecule has 0 bridgehead atoms. The molecule has 0 N–H and O–H groups in total. The van der Waals surface area contributed by atoms with Gasteiger partial charge in [-0.05, 0) is 41.5 Å². The van der Waals surface area contributed by atoms with Crippen molar-refractivity contribution in [3.8, 4) is 0 Å². The van der Waals surface area contributed by atoms with Crippen LogP contribution in [0.5, 0.6) is 0 Å². The van der Waals surface area contributed by atoms with E-state index in [-0.39, 0.29) is 76.7 Å². The molecular formula is C12H31Mo3P3S13-2. The van der Waals surface area contributed by atoms with Crippen LogP contribution in [0.1, 0.15) is 41.5 Å². The molecule has 0 saturated carbocycles. The summed E-state index contributed by atoms with van der Waals surface area (Å²) in [6, 6.07) is 0. The van der Waals surface area contributed by atoms with Crippen molar-refractivity contribution in [1.29, 1.82) is 0 Å². The maximum Gasteiger partial charge on any atom is 3.00 e. The van der Waals surface area contributed by atoms with E-state index in [0.29, 0.717) is 0 Å². The third-order valence-electron chi connectivity index (χ3n) is 2.89. The van der Waals surface area contributed by atoms with Crippen LogP contribution < -0.4 is 0 Å². The monoisotopic (exact) mass is 978 g/mol. The molecule has 0 fully saturated rings. The van der Waals surface area contributed by atoms with Crippen LogP contribution in [-0.2, 0) is 220 Å². The van der Waals surface area contributed by atoms with E-state index in [0.717, 1.165) is 37.0 Å². The van der Waals surface area contributed by atoms with E-state index in [4.69, 9.17) is 73.5 Å². The molecule has 0 nitrogen and oxygen atoms in total. The first kappa shape index (κ1) is 66.9. The second-order valence-electron chi connectivity index (χ2n) is 4.34. The molecule has 0 atom stereocenters. The van der Waals surface area contributed by atoms with Gasteiger partial charge in [-0.15, -0.1) is 0 Å². The Hall–Kier alpha value is 7.90. The topological polar surface area (TPSA) is 0 Å². The fraction of sp³-hybridized carbons (Fsp3) is 1.00. The van der Waals surface area contributed by atoms with Crippen molar-refractivity contribution in [1.82, 2.24) is 0 Å². The second-order valence-corrected chi connectivity index (χ2v) is 27.7. The summed E-state index contributed by atoms with van der Waals surface area (Å²) in [5.74, 6) is 0. The minimum Gasteiger partial charge on any atom is -1.00 e. The van der Waals surface area contributed by atoms with E-state index in [9.17, 15) is 0 Å². The van der Waals surface area contributed by atoms with Crippen LogP contribution in [0.25, 0.3) is 0 Å². The molecule has 2 radical (unpaired) electrons. The van der Waals surface area contributed by atoms with Crippen molar-refractivity contribution < 1.29 is 63.2 Å². The van der Waals surface area contributed by atoms with Gasteiger partial charge in [0, 0.05) is 37.0 Å². The zero-order chi connectivity index (χ0) is 23.7. The maximum absolute atomic E-state index is 5.07. The summed E-state index contributed by atoms with van der Waals surface area (Å²) in [5, 5.41) is 0. The summed E-state index contributed by atoms with van der Waals surface area (Å²) in [6.07, 6.45) is 6.22. The Morgan fingerprint density at radius 2 is 0.452 bits per heavy atom. The van der Waals surface area contributed by atoms with Crippen molar-refractivity contribution in [2.24, 2.45) is 0 Å². The average Bonchev–Trinajstić information content (AvgIpc) is 2.73. The van der Waals surface area contributed by atoms with E-state index in [2.05, 4.69) is 112 Å². The Bertz CT molecular complexity index is 205. The summed E-state index contributed by atoms with van der Waals surface area (Å²) >= 11 is 52.4. The molecule has 192 valence electrons. The third kappa shape index (κ3) is 72.8. The molecule has 0 aliphatic carbocycles. The first-order valence-electron chi connectivity index (χ1n) is 7.74. The first-order valence-corrected chi connectivity index (χ1v) is 24.3. The fourth-order valence-corrected chi connectivity index (χ4v) is 2.01. The van der Waals surface area contributed by atoms with E-state index < -0.39 is 17.0 Å². The normalized spacial score (nSPS) is 8.71. The van der Waals surface area contributed by atoms with Crippen molar-refractivity contribution >= 4 is 174 Å². The zero-order valence-corrected chi connectivity index (χ0v) is 37.6. The van der Waals surface area contributed by atoms with Crippen LogP contribution in [0.4, 0.5) is 0 Å². The predicted octanol–water partition coefficient (Wildman–Crippen LogP) is 5.61. The molecule has 31 heavy (non-hydrogen) atoms. The quantitative estimate of drug-likeness (QED) is 0.107. The Labute approximate surface area is 310 Å². The number of rotatable bonds is 6. The van der Waals surface area contributed by atoms with Crippen LogP contribution in [0, 0.1) is 0 Å². The Morgan fingerprint density at radius 1 is 0.387 bits per heavy atom. The van der Waals surface area contributed by atoms with Gasteiger partial charge in [-0.3, -0.25) is 0 Å². The Kier molecular flexibility index (Phi) is 109. The molecule has 0 saturated heterocycles. The Balaban J connectivity index is -0.0000000224. The fourth-order valence-electron chi connectivity index (χ4n) is 0.671. The van der Waals surface area contributed by atoms with E-state index in [1.807, 2.05) is 0 Å². The molecule has 0 aliphatic rings. The van der Waals surface area contributed by atoms with E-state index >= 15 is 0 Å². The number of thiol groups is 1. The van der Waals surface area contributed by atoms with Gasteiger partial charge in [0.05, 0.1) is 0 Å². The molecule has 0 amide bonds. The van der Waals surface area contributed by atoms with Crippen molar-refractivity contribution in [2.75, 3.05) is 37.0 Å². The molecule has 0 aliphatic heterocycles. The molecule has 0 aromatic rings. The summed E-state index contributed by atoms with van der Waals surface area (Å²) < 4.78 is 0. The van der Waals surface area contributed by atoms with Crippen molar-refractivity contribution in [3.63, 3.8) is 0 Å². The molecule has 0 unspecified atom stereocenters. The molecule has 19 heteroatoms. The van der Waals surface area contributed by atoms with Crippen LogP contribution in [0.15, 0.2) is 0 Å². The summed E-state index contributed by atoms with van der Waals surface area (Å²) in [6.45, 7) is 12.5.